The Hall–Kier alpha value is -0.880. The second kappa shape index (κ2) is 6.16. The van der Waals surface area contributed by atoms with E-state index < -0.39 is 15.9 Å². The van der Waals surface area contributed by atoms with Crippen molar-refractivity contribution >= 4 is 9.84 Å². The van der Waals surface area contributed by atoms with Crippen LogP contribution < -0.4 is 0 Å². The zero-order chi connectivity index (χ0) is 12.9. The van der Waals surface area contributed by atoms with Crippen LogP contribution in [-0.2, 0) is 16.4 Å². The molecule has 0 aromatic carbocycles. The van der Waals surface area contributed by atoms with E-state index in [1.807, 2.05) is 4.57 Å². The van der Waals surface area contributed by atoms with Crippen LogP contribution in [0.2, 0.25) is 0 Å². The molecular formula is C11H20N2O3S. The van der Waals surface area contributed by atoms with Gasteiger partial charge in [0.05, 0.1) is 24.3 Å². The third kappa shape index (κ3) is 4.87. The molecule has 5 nitrogen and oxygen atoms in total. The molecular weight excluding hydrogens is 240 g/mol. The van der Waals surface area contributed by atoms with Gasteiger partial charge in [-0.05, 0) is 19.3 Å². The quantitative estimate of drug-likeness (QED) is 0.798. The van der Waals surface area contributed by atoms with Crippen LogP contribution in [0, 0.1) is 0 Å². The van der Waals surface area contributed by atoms with Crippen LogP contribution >= 0.6 is 0 Å². The molecule has 1 unspecified atom stereocenters. The predicted molar refractivity (Wildman–Crippen MR) is 66.4 cm³/mol. The summed E-state index contributed by atoms with van der Waals surface area (Å²) in [5.74, 6) is 0.117. The zero-order valence-electron chi connectivity index (χ0n) is 10.3. The smallest absolute Gasteiger partial charge is 0.147 e. The van der Waals surface area contributed by atoms with Gasteiger partial charge in [-0.15, -0.1) is 0 Å². The molecule has 1 aromatic rings. The summed E-state index contributed by atoms with van der Waals surface area (Å²) in [7, 11) is -2.94. The monoisotopic (exact) mass is 260 g/mol. The summed E-state index contributed by atoms with van der Waals surface area (Å²) in [4.78, 5) is 4.00. The number of nitrogens with zero attached hydrogens (tertiary/aromatic N) is 2. The van der Waals surface area contributed by atoms with Crippen molar-refractivity contribution in [3.05, 3.63) is 18.2 Å². The number of sulfone groups is 1. The van der Waals surface area contributed by atoms with Crippen LogP contribution in [0.1, 0.15) is 38.0 Å². The molecule has 0 saturated carbocycles. The summed E-state index contributed by atoms with van der Waals surface area (Å²) in [6, 6.07) is 0. The molecule has 0 saturated heterocycles. The summed E-state index contributed by atoms with van der Waals surface area (Å²) in [6.07, 6.45) is 5.80. The van der Waals surface area contributed by atoms with Crippen LogP contribution in [0.3, 0.4) is 0 Å². The van der Waals surface area contributed by atoms with Gasteiger partial charge >= 0.3 is 0 Å². The number of imidazole rings is 1. The van der Waals surface area contributed by atoms with Crippen LogP contribution in [0.5, 0.6) is 0 Å². The molecule has 1 atom stereocenters. The first-order chi connectivity index (χ1) is 7.94. The average Bonchev–Trinajstić information content (AvgIpc) is 2.64. The van der Waals surface area contributed by atoms with Gasteiger partial charge in [-0.2, -0.15) is 0 Å². The summed E-state index contributed by atoms with van der Waals surface area (Å²) in [5, 5.41) is 9.96. The number of aromatic nitrogens is 2. The Bertz CT molecular complexity index is 439. The van der Waals surface area contributed by atoms with Crippen molar-refractivity contribution in [3.63, 3.8) is 0 Å². The van der Waals surface area contributed by atoms with Crippen molar-refractivity contribution in [3.8, 4) is 0 Å². The van der Waals surface area contributed by atoms with Crippen LogP contribution in [0.15, 0.2) is 12.5 Å². The Morgan fingerprint density at radius 3 is 2.82 bits per heavy atom. The van der Waals surface area contributed by atoms with Gasteiger partial charge in [0.1, 0.15) is 9.84 Å². The molecule has 0 fully saturated rings. The highest BCUT2D eigenvalue weighted by Gasteiger charge is 2.13. The Balaban J connectivity index is 2.51. The molecule has 1 aromatic heterocycles. The van der Waals surface area contributed by atoms with Gasteiger partial charge in [-0.1, -0.05) is 6.92 Å². The lowest BCUT2D eigenvalue weighted by molar-refractivity contribution is 0.157. The molecule has 0 spiro atoms. The van der Waals surface area contributed by atoms with E-state index in [1.165, 1.54) is 6.26 Å². The molecule has 1 rings (SSSR count). The molecule has 1 heterocycles. The molecule has 6 heteroatoms. The van der Waals surface area contributed by atoms with Crippen molar-refractivity contribution in [2.75, 3.05) is 12.0 Å². The highest BCUT2D eigenvalue weighted by Crippen LogP contribution is 2.18. The lowest BCUT2D eigenvalue weighted by atomic mass is 10.1. The Morgan fingerprint density at radius 2 is 2.24 bits per heavy atom. The SMILES string of the molecule is CCCn1cncc1C(O)CCCS(C)(=O)=O. The van der Waals surface area contributed by atoms with E-state index in [2.05, 4.69) is 11.9 Å². The van der Waals surface area contributed by atoms with E-state index in [0.29, 0.717) is 12.8 Å². The first-order valence-electron chi connectivity index (χ1n) is 5.80. The van der Waals surface area contributed by atoms with Crippen LogP contribution in [0.25, 0.3) is 0 Å². The first-order valence-corrected chi connectivity index (χ1v) is 7.86. The summed E-state index contributed by atoms with van der Waals surface area (Å²) in [6.45, 7) is 2.87. The Morgan fingerprint density at radius 1 is 1.53 bits per heavy atom. The van der Waals surface area contributed by atoms with Crippen molar-refractivity contribution < 1.29 is 13.5 Å². The molecule has 0 radical (unpaired) electrons. The van der Waals surface area contributed by atoms with Crippen molar-refractivity contribution in [2.24, 2.45) is 0 Å². The van der Waals surface area contributed by atoms with Gasteiger partial charge in [0, 0.05) is 18.6 Å². The maximum Gasteiger partial charge on any atom is 0.147 e. The molecule has 0 aliphatic carbocycles. The molecule has 1 N–H and O–H groups in total. The largest absolute Gasteiger partial charge is 0.387 e. The molecule has 0 aliphatic rings. The normalized spacial score (nSPS) is 13.8. The van der Waals surface area contributed by atoms with Crippen molar-refractivity contribution in [1.82, 2.24) is 9.55 Å². The van der Waals surface area contributed by atoms with E-state index >= 15 is 0 Å². The lowest BCUT2D eigenvalue weighted by Crippen LogP contribution is -2.09. The third-order valence-corrected chi connectivity index (χ3v) is 3.57. The highest BCUT2D eigenvalue weighted by atomic mass is 32.2. The van der Waals surface area contributed by atoms with Crippen molar-refractivity contribution in [2.45, 2.75) is 38.8 Å². The van der Waals surface area contributed by atoms with Gasteiger partial charge in [-0.3, -0.25) is 0 Å². The van der Waals surface area contributed by atoms with Crippen LogP contribution in [0.4, 0.5) is 0 Å². The van der Waals surface area contributed by atoms with Gasteiger partial charge in [0.2, 0.25) is 0 Å². The number of rotatable bonds is 7. The van der Waals surface area contributed by atoms with Gasteiger partial charge < -0.3 is 9.67 Å². The number of aliphatic hydroxyl groups excluding tert-OH is 1. The minimum Gasteiger partial charge on any atom is -0.387 e. The molecule has 0 bridgehead atoms. The van der Waals surface area contributed by atoms with E-state index in [1.54, 1.807) is 12.5 Å². The fraction of sp³-hybridized carbons (Fsp3) is 0.727. The molecule has 0 aliphatic heterocycles. The van der Waals surface area contributed by atoms with Crippen LogP contribution in [-0.4, -0.2) is 35.1 Å². The van der Waals surface area contributed by atoms with Gasteiger partial charge in [0.15, 0.2) is 0 Å². The summed E-state index contributed by atoms with van der Waals surface area (Å²) < 4.78 is 23.8. The number of hydrogen-bond acceptors (Lipinski definition) is 4. The second-order valence-corrected chi connectivity index (χ2v) is 6.56. The maximum atomic E-state index is 11.0. The lowest BCUT2D eigenvalue weighted by Gasteiger charge is -2.12. The van der Waals surface area contributed by atoms with E-state index in [4.69, 9.17) is 0 Å². The van der Waals surface area contributed by atoms with Crippen molar-refractivity contribution in [1.29, 1.82) is 0 Å². The van der Waals surface area contributed by atoms with E-state index in [0.717, 1.165) is 18.7 Å². The standard InChI is InChI=1S/C11H20N2O3S/c1-3-6-13-9-12-8-10(13)11(14)5-4-7-17(2,15)16/h8-9,11,14H,3-7H2,1-2H3. The fourth-order valence-corrected chi connectivity index (χ4v) is 2.41. The number of hydrogen-bond donors (Lipinski definition) is 1. The first kappa shape index (κ1) is 14.2. The topological polar surface area (TPSA) is 72.2 Å². The zero-order valence-corrected chi connectivity index (χ0v) is 11.2. The minimum absolute atomic E-state index is 0.117. The molecule has 0 amide bonds. The summed E-state index contributed by atoms with van der Waals surface area (Å²) in [5.41, 5.74) is 0.764. The van der Waals surface area contributed by atoms with E-state index in [-0.39, 0.29) is 5.75 Å². The fourth-order valence-electron chi connectivity index (χ4n) is 1.72. The minimum atomic E-state index is -2.94. The van der Waals surface area contributed by atoms with E-state index in [9.17, 15) is 13.5 Å². The van der Waals surface area contributed by atoms with Gasteiger partial charge in [-0.25, -0.2) is 13.4 Å². The predicted octanol–water partition coefficient (Wildman–Crippen LogP) is 1.15. The molecule has 17 heavy (non-hydrogen) atoms. The maximum absolute atomic E-state index is 11.0. The highest BCUT2D eigenvalue weighted by molar-refractivity contribution is 7.90. The third-order valence-electron chi connectivity index (χ3n) is 2.54. The average molecular weight is 260 g/mol. The Kier molecular flexibility index (Phi) is 5.14. The number of aliphatic hydroxyl groups is 1. The number of aryl methyl sites for hydroxylation is 1. The van der Waals surface area contributed by atoms with Gasteiger partial charge in [0.25, 0.3) is 0 Å². The summed E-state index contributed by atoms with van der Waals surface area (Å²) >= 11 is 0. The molecule has 98 valence electrons. The second-order valence-electron chi connectivity index (χ2n) is 4.30. The Labute approximate surface area is 102 Å².